The number of hydrogen-bond donors (Lipinski definition) is 1. The standard InChI is InChI=1S/C18H19N3O2S2/c22-17(13-12-25-18(20-13)15-5-3-9-23-15)19-11-14(16-6-4-10-24-16)21-7-1-2-8-21/h3-6,9-10,12,14H,1-2,7-8,11H2,(H,19,22). The molecule has 1 aliphatic rings. The zero-order chi connectivity index (χ0) is 17.1. The maximum absolute atomic E-state index is 12.5. The molecule has 25 heavy (non-hydrogen) atoms. The highest BCUT2D eigenvalue weighted by Crippen LogP contribution is 2.28. The molecule has 1 atom stereocenters. The largest absolute Gasteiger partial charge is 0.462 e. The number of thiazole rings is 1. The van der Waals surface area contributed by atoms with Gasteiger partial charge in [0.05, 0.1) is 12.3 Å². The minimum Gasteiger partial charge on any atom is -0.462 e. The predicted octanol–water partition coefficient (Wildman–Crippen LogP) is 4.03. The predicted molar refractivity (Wildman–Crippen MR) is 100 cm³/mol. The second kappa shape index (κ2) is 7.51. The monoisotopic (exact) mass is 373 g/mol. The SMILES string of the molecule is O=C(NCC(c1cccs1)N1CCCC1)c1csc(-c2ccco2)n1. The molecule has 4 heterocycles. The van der Waals surface area contributed by atoms with Crippen molar-refractivity contribution in [3.05, 3.63) is 51.9 Å². The van der Waals surface area contributed by atoms with Crippen molar-refractivity contribution in [3.63, 3.8) is 0 Å². The lowest BCUT2D eigenvalue weighted by atomic mass is 10.2. The summed E-state index contributed by atoms with van der Waals surface area (Å²) in [5.74, 6) is 0.562. The maximum Gasteiger partial charge on any atom is 0.270 e. The second-order valence-electron chi connectivity index (χ2n) is 6.00. The number of rotatable bonds is 6. The summed E-state index contributed by atoms with van der Waals surface area (Å²) in [6.45, 7) is 2.79. The first-order valence-electron chi connectivity index (χ1n) is 8.36. The summed E-state index contributed by atoms with van der Waals surface area (Å²) in [5.41, 5.74) is 0.447. The van der Waals surface area contributed by atoms with E-state index < -0.39 is 0 Å². The molecule has 4 rings (SSSR count). The Hall–Kier alpha value is -1.96. The van der Waals surface area contributed by atoms with Gasteiger partial charge in [0.2, 0.25) is 0 Å². The van der Waals surface area contributed by atoms with Gasteiger partial charge in [0.1, 0.15) is 5.69 Å². The highest BCUT2D eigenvalue weighted by Gasteiger charge is 2.25. The summed E-state index contributed by atoms with van der Waals surface area (Å²) in [6.07, 6.45) is 4.07. The van der Waals surface area contributed by atoms with Crippen molar-refractivity contribution in [2.45, 2.75) is 18.9 Å². The fourth-order valence-corrected chi connectivity index (χ4v) is 4.74. The zero-order valence-electron chi connectivity index (χ0n) is 13.7. The number of amides is 1. The molecule has 1 aliphatic heterocycles. The lowest BCUT2D eigenvalue weighted by molar-refractivity contribution is 0.0934. The van der Waals surface area contributed by atoms with E-state index in [9.17, 15) is 4.79 Å². The molecule has 0 aliphatic carbocycles. The van der Waals surface area contributed by atoms with Gasteiger partial charge in [-0.25, -0.2) is 4.98 Å². The van der Waals surface area contributed by atoms with Crippen LogP contribution in [0, 0.1) is 0 Å². The number of furan rings is 1. The molecule has 0 saturated carbocycles. The van der Waals surface area contributed by atoms with E-state index in [2.05, 4.69) is 32.7 Å². The molecule has 7 heteroatoms. The van der Waals surface area contributed by atoms with Gasteiger partial charge < -0.3 is 9.73 Å². The molecule has 1 saturated heterocycles. The van der Waals surface area contributed by atoms with Gasteiger partial charge in [-0.1, -0.05) is 6.07 Å². The van der Waals surface area contributed by atoms with Gasteiger partial charge in [-0.15, -0.1) is 22.7 Å². The number of hydrogen-bond acceptors (Lipinski definition) is 6. The van der Waals surface area contributed by atoms with Gasteiger partial charge in [0, 0.05) is 16.8 Å². The molecule has 1 N–H and O–H groups in total. The summed E-state index contributed by atoms with van der Waals surface area (Å²) >= 11 is 3.17. The minimum absolute atomic E-state index is 0.130. The number of likely N-dealkylation sites (tertiary alicyclic amines) is 1. The van der Waals surface area contributed by atoms with Crippen LogP contribution in [0.2, 0.25) is 0 Å². The van der Waals surface area contributed by atoms with E-state index in [-0.39, 0.29) is 11.9 Å². The fraction of sp³-hybridized carbons (Fsp3) is 0.333. The van der Waals surface area contributed by atoms with Crippen LogP contribution in [0.25, 0.3) is 10.8 Å². The van der Waals surface area contributed by atoms with Crippen molar-refractivity contribution in [1.29, 1.82) is 0 Å². The molecule has 0 aromatic carbocycles. The first-order valence-corrected chi connectivity index (χ1v) is 10.1. The van der Waals surface area contributed by atoms with Crippen LogP contribution in [0.4, 0.5) is 0 Å². The first-order chi connectivity index (χ1) is 12.3. The quantitative estimate of drug-likeness (QED) is 0.709. The Labute approximate surface area is 154 Å². The zero-order valence-corrected chi connectivity index (χ0v) is 15.3. The van der Waals surface area contributed by atoms with E-state index in [0.717, 1.165) is 18.1 Å². The lowest BCUT2D eigenvalue weighted by Gasteiger charge is -2.26. The number of carbonyl (C=O) groups is 1. The van der Waals surface area contributed by atoms with Gasteiger partial charge in [-0.2, -0.15) is 0 Å². The molecule has 5 nitrogen and oxygen atoms in total. The van der Waals surface area contributed by atoms with Crippen LogP contribution in [0.1, 0.15) is 34.2 Å². The van der Waals surface area contributed by atoms with Gasteiger partial charge in [-0.3, -0.25) is 9.69 Å². The third kappa shape index (κ3) is 3.68. The van der Waals surface area contributed by atoms with Crippen LogP contribution in [-0.2, 0) is 0 Å². The Morgan fingerprint density at radius 1 is 1.28 bits per heavy atom. The number of carbonyl (C=O) groups excluding carboxylic acids is 1. The number of nitrogens with one attached hydrogen (secondary N) is 1. The minimum atomic E-state index is -0.130. The Bertz CT molecular complexity index is 805. The molecule has 3 aromatic heterocycles. The average molecular weight is 374 g/mol. The highest BCUT2D eigenvalue weighted by molar-refractivity contribution is 7.13. The van der Waals surface area contributed by atoms with Gasteiger partial charge in [0.25, 0.3) is 5.91 Å². The van der Waals surface area contributed by atoms with Crippen molar-refractivity contribution >= 4 is 28.6 Å². The average Bonchev–Trinajstić information content (AvgIpc) is 3.43. The Balaban J connectivity index is 1.43. The molecular formula is C18H19N3O2S2. The van der Waals surface area contributed by atoms with E-state index >= 15 is 0 Å². The Morgan fingerprint density at radius 3 is 2.88 bits per heavy atom. The van der Waals surface area contributed by atoms with E-state index in [1.807, 2.05) is 12.1 Å². The summed E-state index contributed by atoms with van der Waals surface area (Å²) in [4.78, 5) is 20.7. The first kappa shape index (κ1) is 16.5. The van der Waals surface area contributed by atoms with Gasteiger partial charge in [-0.05, 0) is 49.5 Å². The van der Waals surface area contributed by atoms with E-state index in [1.165, 1.54) is 29.1 Å². The van der Waals surface area contributed by atoms with Crippen LogP contribution >= 0.6 is 22.7 Å². The summed E-state index contributed by atoms with van der Waals surface area (Å²) in [7, 11) is 0. The van der Waals surface area contributed by atoms with E-state index in [1.54, 1.807) is 23.0 Å². The molecule has 3 aromatic rings. The summed E-state index contributed by atoms with van der Waals surface area (Å²) in [5, 5.41) is 7.66. The maximum atomic E-state index is 12.5. The van der Waals surface area contributed by atoms with Crippen LogP contribution in [0.15, 0.2) is 45.7 Å². The topological polar surface area (TPSA) is 58.4 Å². The van der Waals surface area contributed by atoms with Crippen LogP contribution < -0.4 is 5.32 Å². The molecule has 1 fully saturated rings. The molecule has 130 valence electrons. The van der Waals surface area contributed by atoms with E-state index in [0.29, 0.717) is 18.0 Å². The van der Waals surface area contributed by atoms with Crippen LogP contribution in [0.3, 0.4) is 0 Å². The molecule has 1 unspecified atom stereocenters. The van der Waals surface area contributed by atoms with Crippen molar-refractivity contribution < 1.29 is 9.21 Å². The van der Waals surface area contributed by atoms with Gasteiger partial charge >= 0.3 is 0 Å². The van der Waals surface area contributed by atoms with Gasteiger partial charge in [0.15, 0.2) is 10.8 Å². The number of nitrogens with zero attached hydrogens (tertiary/aromatic N) is 2. The molecular weight excluding hydrogens is 354 g/mol. The number of thiophene rings is 1. The second-order valence-corrected chi connectivity index (χ2v) is 7.84. The smallest absolute Gasteiger partial charge is 0.270 e. The molecule has 0 bridgehead atoms. The molecule has 0 spiro atoms. The van der Waals surface area contributed by atoms with Crippen molar-refractivity contribution in [2.75, 3.05) is 19.6 Å². The lowest BCUT2D eigenvalue weighted by Crippen LogP contribution is -2.36. The van der Waals surface area contributed by atoms with E-state index in [4.69, 9.17) is 4.42 Å². The van der Waals surface area contributed by atoms with Crippen LogP contribution in [-0.4, -0.2) is 35.4 Å². The summed E-state index contributed by atoms with van der Waals surface area (Å²) < 4.78 is 5.34. The third-order valence-corrected chi connectivity index (χ3v) is 6.21. The highest BCUT2D eigenvalue weighted by atomic mass is 32.1. The van der Waals surface area contributed by atoms with Crippen LogP contribution in [0.5, 0.6) is 0 Å². The number of aromatic nitrogens is 1. The normalized spacial score (nSPS) is 16.2. The Kier molecular flexibility index (Phi) is 4.96. The fourth-order valence-electron chi connectivity index (χ4n) is 3.12. The van der Waals surface area contributed by atoms with Crippen molar-refractivity contribution in [1.82, 2.24) is 15.2 Å². The summed E-state index contributed by atoms with van der Waals surface area (Å²) in [6, 6.07) is 8.13. The molecule has 0 radical (unpaired) electrons. The van der Waals surface area contributed by atoms with Crippen molar-refractivity contribution in [3.8, 4) is 10.8 Å². The Morgan fingerprint density at radius 2 is 2.16 bits per heavy atom. The third-order valence-electron chi connectivity index (χ3n) is 4.38. The van der Waals surface area contributed by atoms with Crippen molar-refractivity contribution in [2.24, 2.45) is 0 Å². The molecule has 1 amide bonds.